The third kappa shape index (κ3) is 4.27. The first kappa shape index (κ1) is 18.3. The van der Waals surface area contributed by atoms with Crippen LogP contribution in [0, 0.1) is 0 Å². The van der Waals surface area contributed by atoms with Gasteiger partial charge in [0.1, 0.15) is 10.8 Å². The van der Waals surface area contributed by atoms with Gasteiger partial charge in [-0.2, -0.15) is 0 Å². The van der Waals surface area contributed by atoms with E-state index < -0.39 is 15.9 Å². The maximum atomic E-state index is 12.5. The number of rotatable bonds is 7. The number of aryl methyl sites for hydroxylation is 1. The summed E-state index contributed by atoms with van der Waals surface area (Å²) in [5.41, 5.74) is 5.50. The molecule has 1 aromatic carbocycles. The third-order valence-electron chi connectivity index (χ3n) is 3.13. The lowest BCUT2D eigenvalue weighted by Crippen LogP contribution is -2.17. The number of nitrogens with two attached hydrogens (primary N) is 1. The maximum absolute atomic E-state index is 12.5. The smallest absolute Gasteiger partial charge is 0.262 e. The summed E-state index contributed by atoms with van der Waals surface area (Å²) in [5.74, 6) is -0.0736. The summed E-state index contributed by atoms with van der Waals surface area (Å²) in [6, 6.07) is 7.71. The van der Waals surface area contributed by atoms with Crippen LogP contribution in [0.25, 0.3) is 0 Å². The quantitative estimate of drug-likeness (QED) is 0.785. The van der Waals surface area contributed by atoms with Gasteiger partial charge < -0.3 is 10.5 Å². The molecule has 8 heteroatoms. The minimum atomic E-state index is -3.81. The summed E-state index contributed by atoms with van der Waals surface area (Å²) in [7, 11) is -3.81. The zero-order valence-electron chi connectivity index (χ0n) is 13.7. The first-order valence-electron chi connectivity index (χ1n) is 7.45. The molecule has 0 atom stereocenters. The van der Waals surface area contributed by atoms with Crippen molar-refractivity contribution in [2.24, 2.45) is 5.73 Å². The minimum absolute atomic E-state index is 0.00212. The molecule has 2 rings (SSSR count). The number of amides is 1. The summed E-state index contributed by atoms with van der Waals surface area (Å²) >= 11 is 1.21. The third-order valence-corrected chi connectivity index (χ3v) is 5.82. The second-order valence-electron chi connectivity index (χ2n) is 5.42. The fourth-order valence-corrected chi connectivity index (χ4v) is 4.34. The van der Waals surface area contributed by atoms with E-state index in [1.807, 2.05) is 20.8 Å². The van der Waals surface area contributed by atoms with Crippen molar-refractivity contribution in [3.63, 3.8) is 0 Å². The molecule has 3 N–H and O–H groups in total. The standard InChI is InChI=1S/C16H20N2O4S2/c1-4-12-9-14(15(17)19)16(23-12)18-24(20,21)13-7-5-11(6-8-13)22-10(2)3/h5-10,18H,4H2,1-3H3,(H2,17,19). The number of anilines is 1. The average molecular weight is 368 g/mol. The van der Waals surface area contributed by atoms with Gasteiger partial charge in [-0.15, -0.1) is 11.3 Å². The molecule has 0 unspecified atom stereocenters. The second-order valence-corrected chi connectivity index (χ2v) is 8.24. The van der Waals surface area contributed by atoms with Gasteiger partial charge in [0.2, 0.25) is 0 Å². The van der Waals surface area contributed by atoms with Crippen molar-refractivity contribution >= 4 is 32.3 Å². The summed E-state index contributed by atoms with van der Waals surface area (Å²) < 4.78 is 33.0. The highest BCUT2D eigenvalue weighted by Gasteiger charge is 2.20. The van der Waals surface area contributed by atoms with E-state index in [1.165, 1.54) is 23.5 Å². The zero-order chi connectivity index (χ0) is 17.9. The zero-order valence-corrected chi connectivity index (χ0v) is 15.3. The van der Waals surface area contributed by atoms with Crippen molar-refractivity contribution in [3.05, 3.63) is 40.8 Å². The molecule has 0 fully saturated rings. The van der Waals surface area contributed by atoms with E-state index in [0.29, 0.717) is 12.2 Å². The maximum Gasteiger partial charge on any atom is 0.262 e. The number of hydrogen-bond acceptors (Lipinski definition) is 5. The van der Waals surface area contributed by atoms with Crippen molar-refractivity contribution in [2.75, 3.05) is 4.72 Å². The highest BCUT2D eigenvalue weighted by molar-refractivity contribution is 7.93. The number of sulfonamides is 1. The van der Waals surface area contributed by atoms with Gasteiger partial charge >= 0.3 is 0 Å². The Morgan fingerprint density at radius 2 is 1.92 bits per heavy atom. The van der Waals surface area contributed by atoms with Gasteiger partial charge in [-0.05, 0) is 50.6 Å². The Hall–Kier alpha value is -2.06. The molecule has 0 aliphatic rings. The Kier molecular flexibility index (Phi) is 5.51. The Bertz CT molecular complexity index is 824. The molecule has 0 aliphatic carbocycles. The lowest BCUT2D eigenvalue weighted by Gasteiger charge is -2.11. The molecule has 24 heavy (non-hydrogen) atoms. The van der Waals surface area contributed by atoms with Crippen LogP contribution >= 0.6 is 11.3 Å². The fourth-order valence-electron chi connectivity index (χ4n) is 2.03. The van der Waals surface area contributed by atoms with Crippen LogP contribution in [0.15, 0.2) is 35.2 Å². The Morgan fingerprint density at radius 1 is 1.29 bits per heavy atom. The van der Waals surface area contributed by atoms with Crippen LogP contribution in [0.1, 0.15) is 36.0 Å². The molecule has 130 valence electrons. The van der Waals surface area contributed by atoms with Crippen LogP contribution in [-0.4, -0.2) is 20.4 Å². The van der Waals surface area contributed by atoms with E-state index in [1.54, 1.807) is 18.2 Å². The van der Waals surface area contributed by atoms with E-state index >= 15 is 0 Å². The lowest BCUT2D eigenvalue weighted by atomic mass is 10.2. The molecular formula is C16H20N2O4S2. The van der Waals surface area contributed by atoms with E-state index in [2.05, 4.69) is 4.72 Å². The summed E-state index contributed by atoms with van der Waals surface area (Å²) in [4.78, 5) is 12.5. The number of carbonyl (C=O) groups is 1. The molecule has 0 bridgehead atoms. The Morgan fingerprint density at radius 3 is 2.42 bits per heavy atom. The molecule has 1 aromatic heterocycles. The van der Waals surface area contributed by atoms with Gasteiger partial charge in [-0.3, -0.25) is 9.52 Å². The van der Waals surface area contributed by atoms with Gasteiger partial charge in [0.15, 0.2) is 0 Å². The summed E-state index contributed by atoms with van der Waals surface area (Å²) in [5, 5.41) is 0.238. The predicted molar refractivity (Wildman–Crippen MR) is 95.2 cm³/mol. The van der Waals surface area contributed by atoms with Crippen molar-refractivity contribution in [1.29, 1.82) is 0 Å². The monoisotopic (exact) mass is 368 g/mol. The van der Waals surface area contributed by atoms with Crippen molar-refractivity contribution in [1.82, 2.24) is 0 Å². The molecule has 1 heterocycles. The molecule has 1 amide bonds. The van der Waals surface area contributed by atoms with Gasteiger partial charge in [0, 0.05) is 4.88 Å². The van der Waals surface area contributed by atoms with Crippen LogP contribution in [0.3, 0.4) is 0 Å². The minimum Gasteiger partial charge on any atom is -0.491 e. The van der Waals surface area contributed by atoms with Crippen LogP contribution in [0.2, 0.25) is 0 Å². The molecule has 0 aliphatic heterocycles. The predicted octanol–water partition coefficient (Wildman–Crippen LogP) is 3.00. The van der Waals surface area contributed by atoms with E-state index in [4.69, 9.17) is 10.5 Å². The number of ether oxygens (including phenoxy) is 1. The van der Waals surface area contributed by atoms with Gasteiger partial charge in [0.25, 0.3) is 15.9 Å². The first-order valence-corrected chi connectivity index (χ1v) is 9.75. The molecule has 0 spiro atoms. The molecular weight excluding hydrogens is 348 g/mol. The van der Waals surface area contributed by atoms with Crippen LogP contribution < -0.4 is 15.2 Å². The summed E-state index contributed by atoms with van der Waals surface area (Å²) in [6.07, 6.45) is 0.691. The first-order chi connectivity index (χ1) is 11.2. The largest absolute Gasteiger partial charge is 0.491 e. The van der Waals surface area contributed by atoms with E-state index in [0.717, 1.165) is 4.88 Å². The molecule has 2 aromatic rings. The molecule has 0 radical (unpaired) electrons. The van der Waals surface area contributed by atoms with Crippen LogP contribution in [0.4, 0.5) is 5.00 Å². The van der Waals surface area contributed by atoms with Gasteiger partial charge in [-0.25, -0.2) is 8.42 Å². The Balaban J connectivity index is 2.28. The molecule has 0 saturated carbocycles. The number of thiophene rings is 1. The van der Waals surface area contributed by atoms with Crippen LogP contribution in [0.5, 0.6) is 5.75 Å². The van der Waals surface area contributed by atoms with Crippen molar-refractivity contribution in [2.45, 2.75) is 38.2 Å². The fraction of sp³-hybridized carbons (Fsp3) is 0.312. The highest BCUT2D eigenvalue weighted by atomic mass is 32.2. The normalized spacial score (nSPS) is 11.5. The van der Waals surface area contributed by atoms with E-state index in [-0.39, 0.29) is 21.6 Å². The van der Waals surface area contributed by atoms with Gasteiger partial charge in [-0.1, -0.05) is 6.92 Å². The SMILES string of the molecule is CCc1cc(C(N)=O)c(NS(=O)(=O)c2ccc(OC(C)C)cc2)s1. The van der Waals surface area contributed by atoms with Gasteiger partial charge in [0.05, 0.1) is 16.6 Å². The number of benzene rings is 1. The summed E-state index contributed by atoms with van der Waals surface area (Å²) in [6.45, 7) is 5.70. The Labute approximate surface area is 145 Å². The number of primary amides is 1. The van der Waals surface area contributed by atoms with Crippen LogP contribution in [-0.2, 0) is 16.4 Å². The number of nitrogens with one attached hydrogen (secondary N) is 1. The molecule has 6 nitrogen and oxygen atoms in total. The topological polar surface area (TPSA) is 98.5 Å². The lowest BCUT2D eigenvalue weighted by molar-refractivity contribution is 0.100. The van der Waals surface area contributed by atoms with E-state index in [9.17, 15) is 13.2 Å². The van der Waals surface area contributed by atoms with Crippen molar-refractivity contribution < 1.29 is 17.9 Å². The number of hydrogen-bond donors (Lipinski definition) is 2. The number of carbonyl (C=O) groups excluding carboxylic acids is 1. The average Bonchev–Trinajstić information content (AvgIpc) is 2.89. The highest BCUT2D eigenvalue weighted by Crippen LogP contribution is 2.30. The molecule has 0 saturated heterocycles. The second kappa shape index (κ2) is 7.23. The van der Waals surface area contributed by atoms with Crippen molar-refractivity contribution in [3.8, 4) is 5.75 Å².